The van der Waals surface area contributed by atoms with Gasteiger partial charge in [-0.05, 0) is 31.0 Å². The van der Waals surface area contributed by atoms with E-state index in [1.165, 1.54) is 6.07 Å². The number of ether oxygens (including phenoxy) is 1. The summed E-state index contributed by atoms with van der Waals surface area (Å²) in [4.78, 5) is 2.37. The van der Waals surface area contributed by atoms with Crippen LogP contribution in [0.4, 0.5) is 4.39 Å². The Morgan fingerprint density at radius 1 is 1.50 bits per heavy atom. The molecule has 1 aromatic rings. The lowest BCUT2D eigenvalue weighted by atomic mass is 10.00. The third kappa shape index (κ3) is 3.99. The van der Waals surface area contributed by atoms with E-state index in [0.717, 1.165) is 26.1 Å². The monoisotopic (exact) mass is 281 g/mol. The average Bonchev–Trinajstić information content (AvgIpc) is 2.47. The highest BCUT2D eigenvalue weighted by atomic mass is 19.1. The Balaban J connectivity index is 1.99. The highest BCUT2D eigenvalue weighted by molar-refractivity contribution is 5.18. The zero-order valence-electron chi connectivity index (χ0n) is 12.0. The van der Waals surface area contributed by atoms with E-state index in [9.17, 15) is 4.39 Å². The van der Waals surface area contributed by atoms with Crippen molar-refractivity contribution in [1.82, 2.24) is 10.3 Å². The van der Waals surface area contributed by atoms with Crippen LogP contribution in [0.1, 0.15) is 18.9 Å². The van der Waals surface area contributed by atoms with E-state index in [4.69, 9.17) is 10.6 Å². The number of morpholine rings is 1. The first kappa shape index (κ1) is 15.4. The number of hydrogen-bond donors (Lipinski definition) is 2. The molecule has 0 aromatic heterocycles. The summed E-state index contributed by atoms with van der Waals surface area (Å²) in [6.07, 6.45) is 1.66. The Hall–Kier alpha value is -1.01. The van der Waals surface area contributed by atoms with Crippen molar-refractivity contribution in [1.29, 1.82) is 0 Å². The second-order valence-electron chi connectivity index (χ2n) is 5.28. The van der Waals surface area contributed by atoms with Gasteiger partial charge in [-0.3, -0.25) is 16.2 Å². The van der Waals surface area contributed by atoms with Crippen LogP contribution < -0.4 is 11.3 Å². The molecular formula is C15H24FN3O. The van der Waals surface area contributed by atoms with E-state index in [1.54, 1.807) is 12.1 Å². The quantitative estimate of drug-likeness (QED) is 0.610. The van der Waals surface area contributed by atoms with E-state index in [2.05, 4.69) is 17.2 Å². The minimum absolute atomic E-state index is 0.0000869. The summed E-state index contributed by atoms with van der Waals surface area (Å²) < 4.78 is 19.5. The Morgan fingerprint density at radius 3 is 3.00 bits per heavy atom. The molecule has 1 aromatic carbocycles. The van der Waals surface area contributed by atoms with Gasteiger partial charge in [0.25, 0.3) is 0 Å². The summed E-state index contributed by atoms with van der Waals surface area (Å²) in [5, 5.41) is 0. The second kappa shape index (κ2) is 7.69. The van der Waals surface area contributed by atoms with Crippen LogP contribution in [0.15, 0.2) is 24.3 Å². The summed E-state index contributed by atoms with van der Waals surface area (Å²) in [7, 11) is 0. The van der Waals surface area contributed by atoms with E-state index in [-0.39, 0.29) is 18.0 Å². The minimum Gasteiger partial charge on any atom is -0.374 e. The Morgan fingerprint density at radius 2 is 2.30 bits per heavy atom. The maximum Gasteiger partial charge on any atom is 0.126 e. The second-order valence-corrected chi connectivity index (χ2v) is 5.28. The molecule has 5 heteroatoms. The van der Waals surface area contributed by atoms with Gasteiger partial charge in [0.05, 0.1) is 18.8 Å². The fraction of sp³-hybridized carbons (Fsp3) is 0.600. The number of nitrogens with two attached hydrogens (primary N) is 1. The molecule has 1 heterocycles. The first-order chi connectivity index (χ1) is 9.74. The van der Waals surface area contributed by atoms with Crippen molar-refractivity contribution in [2.24, 2.45) is 5.84 Å². The molecule has 4 nitrogen and oxygen atoms in total. The van der Waals surface area contributed by atoms with Crippen molar-refractivity contribution >= 4 is 0 Å². The largest absolute Gasteiger partial charge is 0.374 e. The maximum absolute atomic E-state index is 13.7. The van der Waals surface area contributed by atoms with Gasteiger partial charge in [0.15, 0.2) is 0 Å². The molecule has 112 valence electrons. The molecule has 1 aliphatic heterocycles. The average molecular weight is 281 g/mol. The van der Waals surface area contributed by atoms with Crippen molar-refractivity contribution in [2.45, 2.75) is 31.9 Å². The van der Waals surface area contributed by atoms with Gasteiger partial charge in [-0.1, -0.05) is 25.1 Å². The lowest BCUT2D eigenvalue weighted by Gasteiger charge is -2.36. The summed E-state index contributed by atoms with van der Waals surface area (Å²) in [5.74, 6) is 5.46. The summed E-state index contributed by atoms with van der Waals surface area (Å²) >= 11 is 0. The molecule has 1 aliphatic rings. The summed E-state index contributed by atoms with van der Waals surface area (Å²) in [6, 6.07) is 6.74. The number of hydrazine groups is 1. The van der Waals surface area contributed by atoms with Crippen LogP contribution in [0.25, 0.3) is 0 Å². The van der Waals surface area contributed by atoms with Gasteiger partial charge in [0.2, 0.25) is 0 Å². The number of benzene rings is 1. The van der Waals surface area contributed by atoms with E-state index in [0.29, 0.717) is 18.6 Å². The zero-order chi connectivity index (χ0) is 14.4. The molecule has 3 N–H and O–H groups in total. The lowest BCUT2D eigenvalue weighted by Crippen LogP contribution is -2.55. The molecule has 0 bridgehead atoms. The van der Waals surface area contributed by atoms with Crippen molar-refractivity contribution in [2.75, 3.05) is 26.2 Å². The van der Waals surface area contributed by atoms with E-state index in [1.807, 2.05) is 6.07 Å². The number of nitrogens with zero attached hydrogens (tertiary/aromatic N) is 1. The molecule has 1 fully saturated rings. The van der Waals surface area contributed by atoms with Crippen LogP contribution in [0.5, 0.6) is 0 Å². The number of nitrogens with one attached hydrogen (secondary N) is 1. The van der Waals surface area contributed by atoms with Crippen molar-refractivity contribution < 1.29 is 9.13 Å². The van der Waals surface area contributed by atoms with Gasteiger partial charge >= 0.3 is 0 Å². The molecule has 0 aliphatic carbocycles. The van der Waals surface area contributed by atoms with Gasteiger partial charge in [-0.2, -0.15) is 0 Å². The Labute approximate surface area is 120 Å². The Bertz CT molecular complexity index is 414. The van der Waals surface area contributed by atoms with Crippen molar-refractivity contribution in [3.63, 3.8) is 0 Å². The molecule has 1 saturated heterocycles. The normalized spacial score (nSPS) is 21.9. The van der Waals surface area contributed by atoms with Gasteiger partial charge in [0.1, 0.15) is 5.82 Å². The van der Waals surface area contributed by atoms with Crippen LogP contribution in [0.2, 0.25) is 0 Å². The van der Waals surface area contributed by atoms with Gasteiger partial charge in [0, 0.05) is 13.1 Å². The predicted octanol–water partition coefficient (Wildman–Crippen LogP) is 1.31. The van der Waals surface area contributed by atoms with Gasteiger partial charge in [-0.15, -0.1) is 0 Å². The van der Waals surface area contributed by atoms with Crippen molar-refractivity contribution in [3.05, 3.63) is 35.6 Å². The van der Waals surface area contributed by atoms with Crippen LogP contribution in [0.3, 0.4) is 0 Å². The highest BCUT2D eigenvalue weighted by Crippen LogP contribution is 2.15. The SMILES string of the molecule is CCCN1CCOC(C(Cc2ccccc2F)NN)C1. The highest BCUT2D eigenvalue weighted by Gasteiger charge is 2.27. The van der Waals surface area contributed by atoms with Gasteiger partial charge < -0.3 is 4.74 Å². The summed E-state index contributed by atoms with van der Waals surface area (Å²) in [5.41, 5.74) is 3.46. The molecule has 2 rings (SSSR count). The predicted molar refractivity (Wildman–Crippen MR) is 77.7 cm³/mol. The molecule has 0 saturated carbocycles. The maximum atomic E-state index is 13.7. The first-order valence-electron chi connectivity index (χ1n) is 7.28. The van der Waals surface area contributed by atoms with Crippen LogP contribution >= 0.6 is 0 Å². The van der Waals surface area contributed by atoms with Crippen LogP contribution in [-0.2, 0) is 11.2 Å². The lowest BCUT2D eigenvalue weighted by molar-refractivity contribution is -0.0463. The molecule has 0 radical (unpaired) electrons. The van der Waals surface area contributed by atoms with Crippen LogP contribution in [0, 0.1) is 5.82 Å². The molecule has 2 unspecified atom stereocenters. The smallest absolute Gasteiger partial charge is 0.126 e. The number of rotatable bonds is 6. The van der Waals surface area contributed by atoms with Crippen molar-refractivity contribution in [3.8, 4) is 0 Å². The van der Waals surface area contributed by atoms with E-state index < -0.39 is 0 Å². The van der Waals surface area contributed by atoms with Crippen LogP contribution in [-0.4, -0.2) is 43.3 Å². The third-order valence-corrected chi connectivity index (χ3v) is 3.78. The Kier molecular flexibility index (Phi) is 5.91. The fourth-order valence-electron chi connectivity index (χ4n) is 2.69. The summed E-state index contributed by atoms with van der Waals surface area (Å²) in [6.45, 7) is 5.75. The topological polar surface area (TPSA) is 50.5 Å². The van der Waals surface area contributed by atoms with Gasteiger partial charge in [-0.25, -0.2) is 4.39 Å². The van der Waals surface area contributed by atoms with E-state index >= 15 is 0 Å². The zero-order valence-corrected chi connectivity index (χ0v) is 12.0. The first-order valence-corrected chi connectivity index (χ1v) is 7.28. The number of hydrogen-bond acceptors (Lipinski definition) is 4. The molecular weight excluding hydrogens is 257 g/mol. The minimum atomic E-state index is -0.186. The fourth-order valence-corrected chi connectivity index (χ4v) is 2.69. The third-order valence-electron chi connectivity index (χ3n) is 3.78. The number of halogens is 1. The molecule has 0 spiro atoms. The standard InChI is InChI=1S/C15H24FN3O/c1-2-7-19-8-9-20-15(11-19)14(18-17)10-12-5-3-4-6-13(12)16/h3-6,14-15,18H,2,7-11,17H2,1H3. The molecule has 2 atom stereocenters. The molecule has 0 amide bonds. The molecule has 20 heavy (non-hydrogen) atoms.